The predicted molar refractivity (Wildman–Crippen MR) is 128 cm³/mol. The number of aromatic amines is 1. The highest BCUT2D eigenvalue weighted by atomic mass is 32.1. The fraction of sp³-hybridized carbons (Fsp3) is 0.417. The number of aryl methyl sites for hydroxylation is 1. The van der Waals surface area contributed by atoms with Gasteiger partial charge in [-0.25, -0.2) is 4.98 Å². The zero-order valence-electron chi connectivity index (χ0n) is 18.7. The van der Waals surface area contributed by atoms with Gasteiger partial charge in [-0.05, 0) is 38.5 Å². The molecule has 1 saturated heterocycles. The topological polar surface area (TPSA) is 91.0 Å². The second-order valence-electron chi connectivity index (χ2n) is 9.12. The molecule has 32 heavy (non-hydrogen) atoms. The van der Waals surface area contributed by atoms with E-state index < -0.39 is 0 Å². The number of nitrogens with zero attached hydrogens (tertiary/aromatic N) is 1. The number of hydrogen-bond donors (Lipinski definition) is 2. The Morgan fingerprint density at radius 3 is 2.62 bits per heavy atom. The van der Waals surface area contributed by atoms with Gasteiger partial charge in [0.2, 0.25) is 0 Å². The Hall–Kier alpha value is -2.68. The van der Waals surface area contributed by atoms with E-state index in [1.54, 1.807) is 0 Å². The monoisotopic (exact) mass is 453 g/mol. The first-order valence-corrected chi connectivity index (χ1v) is 11.8. The molecule has 2 aliphatic rings. The number of H-pyrrole nitrogens is 1. The standard InChI is InChI=1S/C24H28N4O3S/c1-14-4-6-15(7-5-14)26-22(29)20-19(25)18-16-12-24(2,3)31-13-17(16)21(27-23(18)32-20)28-8-10-30-11-9-28/h4-7H,8-13,25H2,1-3H3,(H,26,29)/p+1. The van der Waals surface area contributed by atoms with Crippen molar-refractivity contribution in [3.63, 3.8) is 0 Å². The van der Waals surface area contributed by atoms with Gasteiger partial charge in [0.15, 0.2) is 4.83 Å². The summed E-state index contributed by atoms with van der Waals surface area (Å²) >= 11 is 1.41. The molecule has 168 valence electrons. The first-order chi connectivity index (χ1) is 15.3. The first kappa shape index (κ1) is 21.2. The number of thiophene rings is 1. The molecule has 4 heterocycles. The second-order valence-corrected chi connectivity index (χ2v) is 10.1. The molecule has 0 bridgehead atoms. The van der Waals surface area contributed by atoms with Gasteiger partial charge in [-0.15, -0.1) is 0 Å². The van der Waals surface area contributed by atoms with Crippen LogP contribution in [0.4, 0.5) is 17.2 Å². The van der Waals surface area contributed by atoms with E-state index in [2.05, 4.69) is 29.0 Å². The lowest BCUT2D eigenvalue weighted by atomic mass is 9.89. The van der Waals surface area contributed by atoms with Crippen molar-refractivity contribution in [2.75, 3.05) is 42.3 Å². The molecular weight excluding hydrogens is 424 g/mol. The van der Waals surface area contributed by atoms with Crippen molar-refractivity contribution in [3.8, 4) is 0 Å². The molecule has 0 spiro atoms. The molecule has 0 unspecified atom stereocenters. The predicted octanol–water partition coefficient (Wildman–Crippen LogP) is 3.55. The minimum atomic E-state index is -0.289. The van der Waals surface area contributed by atoms with Gasteiger partial charge in [0.05, 0.1) is 42.1 Å². The summed E-state index contributed by atoms with van der Waals surface area (Å²) < 4.78 is 11.7. The minimum absolute atomic E-state index is 0.186. The second kappa shape index (κ2) is 8.03. The lowest BCUT2D eigenvalue weighted by molar-refractivity contribution is -0.329. The van der Waals surface area contributed by atoms with Crippen LogP contribution in [0.1, 0.15) is 40.2 Å². The molecule has 1 amide bonds. The number of rotatable bonds is 3. The fourth-order valence-corrected chi connectivity index (χ4v) is 5.50. The largest absolute Gasteiger partial charge is 0.397 e. The van der Waals surface area contributed by atoms with Crippen LogP contribution in [0.2, 0.25) is 0 Å². The fourth-order valence-electron chi connectivity index (χ4n) is 4.45. The Labute approximate surface area is 191 Å². The molecule has 8 heteroatoms. The number of nitrogens with two attached hydrogens (primary N) is 1. The molecular formula is C24H29N4O3S+. The van der Waals surface area contributed by atoms with E-state index in [-0.39, 0.29) is 11.5 Å². The van der Waals surface area contributed by atoms with E-state index in [1.807, 2.05) is 31.2 Å². The first-order valence-electron chi connectivity index (χ1n) is 11.0. The van der Waals surface area contributed by atoms with Crippen LogP contribution in [0.25, 0.3) is 10.2 Å². The Morgan fingerprint density at radius 1 is 1.19 bits per heavy atom. The Balaban J connectivity index is 1.60. The maximum Gasteiger partial charge on any atom is 0.281 e. The molecule has 7 nitrogen and oxygen atoms in total. The van der Waals surface area contributed by atoms with Crippen molar-refractivity contribution in [1.82, 2.24) is 0 Å². The van der Waals surface area contributed by atoms with Crippen LogP contribution in [0.5, 0.6) is 0 Å². The van der Waals surface area contributed by atoms with Gasteiger partial charge in [0.1, 0.15) is 18.0 Å². The number of nitrogens with one attached hydrogen (secondary N) is 2. The number of morpholine rings is 1. The highest BCUT2D eigenvalue weighted by molar-refractivity contribution is 7.21. The number of carbonyl (C=O) groups is 1. The Morgan fingerprint density at radius 2 is 1.91 bits per heavy atom. The Bertz CT molecular complexity index is 1180. The van der Waals surface area contributed by atoms with Gasteiger partial charge < -0.3 is 20.5 Å². The van der Waals surface area contributed by atoms with Crippen molar-refractivity contribution in [2.45, 2.75) is 39.4 Å². The maximum absolute atomic E-state index is 13.1. The van der Waals surface area contributed by atoms with Gasteiger partial charge in [-0.2, -0.15) is 0 Å². The highest BCUT2D eigenvalue weighted by Crippen LogP contribution is 2.42. The van der Waals surface area contributed by atoms with Crippen LogP contribution in [0.15, 0.2) is 24.3 Å². The number of anilines is 3. The third-order valence-corrected chi connectivity index (χ3v) is 7.30. The van der Waals surface area contributed by atoms with Crippen LogP contribution in [-0.2, 0) is 22.5 Å². The maximum atomic E-state index is 13.1. The van der Waals surface area contributed by atoms with Crippen molar-refractivity contribution in [3.05, 3.63) is 45.8 Å². The summed E-state index contributed by atoms with van der Waals surface area (Å²) in [6.07, 6.45) is 0.741. The number of carbonyl (C=O) groups excluding carboxylic acids is 1. The normalized spacial score (nSPS) is 17.9. The summed E-state index contributed by atoms with van der Waals surface area (Å²) in [7, 11) is 0. The average molecular weight is 454 g/mol. The molecule has 4 N–H and O–H groups in total. The summed E-state index contributed by atoms with van der Waals surface area (Å²) in [4.78, 5) is 20.5. The van der Waals surface area contributed by atoms with E-state index >= 15 is 0 Å². The molecule has 0 saturated carbocycles. The lowest BCUT2D eigenvalue weighted by Crippen LogP contribution is -2.42. The van der Waals surface area contributed by atoms with Gasteiger partial charge >= 0.3 is 0 Å². The van der Waals surface area contributed by atoms with Gasteiger partial charge in [0.25, 0.3) is 11.7 Å². The zero-order chi connectivity index (χ0) is 22.5. The third kappa shape index (κ3) is 3.83. The SMILES string of the molecule is Cc1ccc(NC(=O)c2sc3[nH+]c(N4CCOCC4)c4c(c3c2N)CC(C)(C)OC4)cc1. The van der Waals surface area contributed by atoms with E-state index in [0.717, 1.165) is 52.4 Å². The van der Waals surface area contributed by atoms with Crippen LogP contribution in [0.3, 0.4) is 0 Å². The number of pyridine rings is 1. The van der Waals surface area contributed by atoms with Gasteiger partial charge in [0, 0.05) is 12.1 Å². The molecule has 5 rings (SSSR count). The molecule has 2 aliphatic heterocycles. The van der Waals surface area contributed by atoms with Crippen LogP contribution >= 0.6 is 11.3 Å². The lowest BCUT2D eigenvalue weighted by Gasteiger charge is -2.33. The summed E-state index contributed by atoms with van der Waals surface area (Å²) in [5.74, 6) is 0.868. The Kier molecular flexibility index (Phi) is 5.31. The number of amides is 1. The van der Waals surface area contributed by atoms with Crippen molar-refractivity contribution >= 4 is 44.7 Å². The summed E-state index contributed by atoms with van der Waals surface area (Å²) in [6, 6.07) is 7.76. The molecule has 1 aromatic carbocycles. The average Bonchev–Trinajstić information content (AvgIpc) is 3.11. The number of hydrogen-bond acceptors (Lipinski definition) is 6. The summed E-state index contributed by atoms with van der Waals surface area (Å²) in [5, 5.41) is 3.94. The molecule has 1 fully saturated rings. The van der Waals surface area contributed by atoms with Crippen LogP contribution in [-0.4, -0.2) is 37.8 Å². The number of ether oxygens (including phenoxy) is 2. The van der Waals surface area contributed by atoms with E-state index in [9.17, 15) is 4.79 Å². The number of benzene rings is 1. The minimum Gasteiger partial charge on any atom is -0.397 e. The molecule has 3 aromatic rings. The summed E-state index contributed by atoms with van der Waals surface area (Å²) in [5.41, 5.74) is 11.1. The molecule has 2 aromatic heterocycles. The van der Waals surface area contributed by atoms with Gasteiger partial charge in [-0.3, -0.25) is 9.69 Å². The van der Waals surface area contributed by atoms with E-state index in [0.29, 0.717) is 30.4 Å². The van der Waals surface area contributed by atoms with E-state index in [1.165, 1.54) is 16.9 Å². The molecule has 0 aliphatic carbocycles. The number of aromatic nitrogens is 1. The summed E-state index contributed by atoms with van der Waals surface area (Å²) in [6.45, 7) is 9.76. The molecule has 0 atom stereocenters. The number of nitrogen functional groups attached to an aromatic ring is 1. The molecule has 0 radical (unpaired) electrons. The van der Waals surface area contributed by atoms with Gasteiger partial charge in [-0.1, -0.05) is 29.0 Å². The van der Waals surface area contributed by atoms with Crippen LogP contribution in [0, 0.1) is 6.92 Å². The third-order valence-electron chi connectivity index (χ3n) is 6.18. The van der Waals surface area contributed by atoms with E-state index in [4.69, 9.17) is 15.2 Å². The number of fused-ring (bicyclic) bond motifs is 3. The van der Waals surface area contributed by atoms with Crippen LogP contribution < -0.4 is 20.9 Å². The quantitative estimate of drug-likeness (QED) is 0.633. The van der Waals surface area contributed by atoms with Crippen molar-refractivity contribution in [1.29, 1.82) is 0 Å². The zero-order valence-corrected chi connectivity index (χ0v) is 19.5. The smallest absolute Gasteiger partial charge is 0.281 e. The van der Waals surface area contributed by atoms with Crippen molar-refractivity contribution < 1.29 is 19.3 Å². The highest BCUT2D eigenvalue weighted by Gasteiger charge is 2.36. The van der Waals surface area contributed by atoms with Crippen molar-refractivity contribution in [2.24, 2.45) is 0 Å².